The van der Waals surface area contributed by atoms with E-state index < -0.39 is 65.6 Å². The van der Waals surface area contributed by atoms with Crippen LogP contribution in [0.25, 0.3) is 0 Å². The van der Waals surface area contributed by atoms with Crippen molar-refractivity contribution in [3.8, 4) is 0 Å². The molecule has 0 aliphatic carbocycles. The zero-order valence-electron chi connectivity index (χ0n) is 41.4. The largest absolute Gasteiger partial charge is 0.467 e. The molecule has 17 heteroatoms. The lowest BCUT2D eigenvalue weighted by molar-refractivity contribution is -0.150. The minimum atomic E-state index is -1.17. The van der Waals surface area contributed by atoms with Crippen LogP contribution in [0.15, 0.2) is 42.5 Å². The highest BCUT2D eigenvalue weighted by molar-refractivity contribution is 6.12. The standard InChI is InChI=1S/C50H76N6O11/c1-11-33(4)44(38(65-8)31-42(60)54-28-18-22-37(54)45(66-9)34(5)46(61)51-36(48(63)67-10)30-35-20-14-12-15-21-35)53(7)47(62)43(32(2)3)52-49(64)50(6)26-19-29-56(50)41(59)23-16-13-17-27-55-39(57)24-25-40(55)58/h12,14-15,20-21,24-25,32-34,36-38,43-45H,11,13,16-19,22-23,26-31H2,1-10H3,(H,51,61)(H,52,64)/t33-,34+,36-,37-,38+,43-,44-,45+,50+/m0/s1. The van der Waals surface area contributed by atoms with Crippen LogP contribution in [0.5, 0.6) is 0 Å². The predicted molar refractivity (Wildman–Crippen MR) is 251 cm³/mol. The molecule has 17 nitrogen and oxygen atoms in total. The van der Waals surface area contributed by atoms with Crippen LogP contribution in [0, 0.1) is 17.8 Å². The Morgan fingerprint density at radius 1 is 0.866 bits per heavy atom. The quantitative estimate of drug-likeness (QED) is 0.0821. The zero-order valence-corrected chi connectivity index (χ0v) is 41.4. The van der Waals surface area contributed by atoms with Gasteiger partial charge >= 0.3 is 5.97 Å². The van der Waals surface area contributed by atoms with E-state index in [1.54, 1.807) is 35.6 Å². The van der Waals surface area contributed by atoms with Crippen molar-refractivity contribution in [1.82, 2.24) is 30.2 Å². The summed E-state index contributed by atoms with van der Waals surface area (Å²) in [4.78, 5) is 113. The van der Waals surface area contributed by atoms with Crippen LogP contribution in [0.1, 0.15) is 111 Å². The third kappa shape index (κ3) is 13.5. The minimum Gasteiger partial charge on any atom is -0.467 e. The number of ether oxygens (including phenoxy) is 3. The number of hydrogen-bond acceptors (Lipinski definition) is 11. The van der Waals surface area contributed by atoms with Gasteiger partial charge in [0.25, 0.3) is 11.8 Å². The van der Waals surface area contributed by atoms with Gasteiger partial charge < -0.3 is 39.5 Å². The van der Waals surface area contributed by atoms with Crippen LogP contribution >= 0.6 is 0 Å². The lowest BCUT2D eigenvalue weighted by Gasteiger charge is -2.41. The van der Waals surface area contributed by atoms with Crippen molar-refractivity contribution >= 4 is 47.3 Å². The van der Waals surface area contributed by atoms with Gasteiger partial charge in [0.05, 0.1) is 43.7 Å². The first-order valence-corrected chi connectivity index (χ1v) is 24.0. The van der Waals surface area contributed by atoms with Gasteiger partial charge in [-0.25, -0.2) is 4.79 Å². The Morgan fingerprint density at radius 2 is 1.54 bits per heavy atom. The molecule has 67 heavy (non-hydrogen) atoms. The van der Waals surface area contributed by atoms with E-state index in [9.17, 15) is 38.4 Å². The van der Waals surface area contributed by atoms with Crippen LogP contribution < -0.4 is 10.6 Å². The van der Waals surface area contributed by atoms with E-state index in [1.165, 1.54) is 38.4 Å². The second kappa shape index (κ2) is 25.3. The molecule has 0 radical (unpaired) electrons. The Balaban J connectivity index is 1.42. The Labute approximate surface area is 397 Å². The minimum absolute atomic E-state index is 0.0578. The van der Waals surface area contributed by atoms with Crippen molar-refractivity contribution in [3.63, 3.8) is 0 Å². The van der Waals surface area contributed by atoms with Crippen LogP contribution in [0.2, 0.25) is 0 Å². The van der Waals surface area contributed by atoms with Crippen LogP contribution in [0.4, 0.5) is 0 Å². The maximum Gasteiger partial charge on any atom is 0.328 e. The molecule has 1 aromatic carbocycles. The number of esters is 1. The average Bonchev–Trinajstić information content (AvgIpc) is 4.05. The Hall–Kier alpha value is -5.16. The fourth-order valence-corrected chi connectivity index (χ4v) is 9.93. The lowest BCUT2D eigenvalue weighted by atomic mass is 9.89. The smallest absolute Gasteiger partial charge is 0.328 e. The normalized spacial score (nSPS) is 21.4. The molecule has 3 heterocycles. The molecule has 0 aromatic heterocycles. The molecule has 2 fully saturated rings. The van der Waals surface area contributed by atoms with E-state index >= 15 is 0 Å². The molecule has 4 rings (SSSR count). The average molecular weight is 937 g/mol. The Morgan fingerprint density at radius 3 is 2.13 bits per heavy atom. The number of imide groups is 1. The first-order valence-electron chi connectivity index (χ1n) is 24.0. The third-order valence-corrected chi connectivity index (χ3v) is 14.2. The number of likely N-dealkylation sites (tertiary alicyclic amines) is 2. The molecule has 2 N–H and O–H groups in total. The van der Waals surface area contributed by atoms with Crippen molar-refractivity contribution in [2.24, 2.45) is 17.8 Å². The number of unbranched alkanes of at least 4 members (excludes halogenated alkanes) is 2. The van der Waals surface area contributed by atoms with Crippen molar-refractivity contribution in [1.29, 1.82) is 0 Å². The number of carbonyl (C=O) groups is 8. The number of hydrogen-bond donors (Lipinski definition) is 2. The van der Waals surface area contributed by atoms with Crippen molar-refractivity contribution in [3.05, 3.63) is 48.0 Å². The fraction of sp³-hybridized carbons (Fsp3) is 0.680. The van der Waals surface area contributed by atoms with Gasteiger partial charge in [-0.1, -0.05) is 77.8 Å². The molecule has 3 aliphatic rings. The van der Waals surface area contributed by atoms with Crippen molar-refractivity contribution in [2.45, 2.75) is 154 Å². The topological polar surface area (TPSA) is 201 Å². The summed E-state index contributed by atoms with van der Waals surface area (Å²) in [5.74, 6) is -3.96. The van der Waals surface area contributed by atoms with Gasteiger partial charge in [-0.2, -0.15) is 0 Å². The summed E-state index contributed by atoms with van der Waals surface area (Å²) < 4.78 is 17.0. The zero-order chi connectivity index (χ0) is 49.6. The number of nitrogens with zero attached hydrogens (tertiary/aromatic N) is 4. The number of amides is 7. The van der Waals surface area contributed by atoms with Crippen molar-refractivity contribution < 1.29 is 52.6 Å². The number of carbonyl (C=O) groups excluding carboxylic acids is 8. The highest BCUT2D eigenvalue weighted by Gasteiger charge is 2.48. The van der Waals surface area contributed by atoms with Crippen LogP contribution in [0.3, 0.4) is 0 Å². The van der Waals surface area contributed by atoms with E-state index in [4.69, 9.17) is 14.2 Å². The Kier molecular flexibility index (Phi) is 20.5. The van der Waals surface area contributed by atoms with Crippen LogP contribution in [-0.2, 0) is 59.0 Å². The molecule has 1 aromatic rings. The summed E-state index contributed by atoms with van der Waals surface area (Å²) in [7, 11) is 5.98. The molecule has 0 bridgehead atoms. The SMILES string of the molecule is CC[C@H](C)[C@@H]([C@@H](CC(=O)N1CCC[C@H]1[C@H](OC)[C@@H](C)C(=O)N[C@@H](Cc1ccccc1)C(=O)OC)OC)N(C)C(=O)[C@@H](NC(=O)[C@@]1(C)CCCN1C(=O)CCCCCN1C(=O)C=CC1=O)C(C)C. The van der Waals surface area contributed by atoms with Gasteiger partial charge in [0.15, 0.2) is 0 Å². The molecule has 3 aliphatic heterocycles. The van der Waals surface area contributed by atoms with E-state index in [0.29, 0.717) is 64.5 Å². The summed E-state index contributed by atoms with van der Waals surface area (Å²) in [5.41, 5.74) is -0.315. The molecule has 9 atom stereocenters. The second-order valence-electron chi connectivity index (χ2n) is 19.0. The third-order valence-electron chi connectivity index (χ3n) is 14.2. The van der Waals surface area contributed by atoms with E-state index in [2.05, 4.69) is 10.6 Å². The first-order chi connectivity index (χ1) is 31.8. The molecular weight excluding hydrogens is 861 g/mol. The molecule has 372 valence electrons. The fourth-order valence-electron chi connectivity index (χ4n) is 9.93. The number of nitrogens with one attached hydrogen (secondary N) is 2. The van der Waals surface area contributed by atoms with Crippen LogP contribution in [-0.4, -0.2) is 157 Å². The second-order valence-corrected chi connectivity index (χ2v) is 19.0. The van der Waals surface area contributed by atoms with Gasteiger partial charge in [0.1, 0.15) is 17.6 Å². The lowest BCUT2D eigenvalue weighted by Crippen LogP contribution is -2.62. The summed E-state index contributed by atoms with van der Waals surface area (Å²) >= 11 is 0. The highest BCUT2D eigenvalue weighted by atomic mass is 16.5. The molecule has 0 unspecified atom stereocenters. The number of benzene rings is 1. The summed E-state index contributed by atoms with van der Waals surface area (Å²) in [6.07, 6.45) is 6.21. The molecule has 7 amide bonds. The molecule has 0 spiro atoms. The molecular formula is C50H76N6O11. The van der Waals surface area contributed by atoms with Gasteiger partial charge in [0.2, 0.25) is 29.5 Å². The molecule has 0 saturated carbocycles. The highest BCUT2D eigenvalue weighted by Crippen LogP contribution is 2.32. The van der Waals surface area contributed by atoms with Gasteiger partial charge in [-0.15, -0.1) is 0 Å². The number of likely N-dealkylation sites (N-methyl/N-ethyl adjacent to an activating group) is 1. The Bertz CT molecular complexity index is 1910. The summed E-state index contributed by atoms with van der Waals surface area (Å²) in [6.45, 7) is 12.3. The maximum absolute atomic E-state index is 14.6. The van der Waals surface area contributed by atoms with Gasteiger partial charge in [-0.05, 0) is 62.8 Å². The van der Waals surface area contributed by atoms with E-state index in [1.807, 2.05) is 58.0 Å². The predicted octanol–water partition coefficient (Wildman–Crippen LogP) is 3.81. The monoisotopic (exact) mass is 937 g/mol. The number of methoxy groups -OCH3 is 3. The number of rotatable bonds is 25. The first kappa shape index (κ1) is 54.4. The van der Waals surface area contributed by atoms with E-state index in [-0.39, 0.29) is 67.2 Å². The van der Waals surface area contributed by atoms with Crippen molar-refractivity contribution in [2.75, 3.05) is 48.0 Å². The summed E-state index contributed by atoms with van der Waals surface area (Å²) in [5, 5.41) is 5.88. The summed E-state index contributed by atoms with van der Waals surface area (Å²) in [6, 6.07) is 6.45. The van der Waals surface area contributed by atoms with E-state index in [0.717, 1.165) is 5.56 Å². The van der Waals surface area contributed by atoms with Gasteiger partial charge in [0, 0.05) is 65.9 Å². The maximum atomic E-state index is 14.6. The molecule has 2 saturated heterocycles. The van der Waals surface area contributed by atoms with Gasteiger partial charge in [-0.3, -0.25) is 38.5 Å².